The van der Waals surface area contributed by atoms with Crippen LogP contribution in [0, 0.1) is 0 Å². The Kier molecular flexibility index (Phi) is 8.56. The average Bonchev–Trinajstić information content (AvgIpc) is 4.01. The highest BCUT2D eigenvalue weighted by Gasteiger charge is 2.24. The van der Waals surface area contributed by atoms with Crippen molar-refractivity contribution in [3.8, 4) is 45.6 Å². The monoisotopic (exact) mass is 753 g/mol. The summed E-state index contributed by atoms with van der Waals surface area (Å²) in [5.41, 5.74) is 8.51. The normalized spacial score (nSPS) is 11.5. The van der Waals surface area contributed by atoms with Crippen molar-refractivity contribution in [2.75, 3.05) is 14.1 Å². The van der Waals surface area contributed by atoms with Crippen molar-refractivity contribution in [1.29, 1.82) is 0 Å². The van der Waals surface area contributed by atoms with Gasteiger partial charge in [0.2, 0.25) is 5.91 Å². The van der Waals surface area contributed by atoms with E-state index >= 15 is 0 Å². The Bertz CT molecular complexity index is 2830. The molecule has 9 aromatic rings. The predicted molar refractivity (Wildman–Crippen MR) is 229 cm³/mol. The molecule has 2 N–H and O–H groups in total. The first-order valence-corrected chi connectivity index (χ1v) is 19.0. The molecule has 0 saturated heterocycles. The number of fused-ring (bicyclic) bond motifs is 20. The number of hydrogen-bond acceptors (Lipinski definition) is 7. The molecule has 8 bridgehead atoms. The molecule has 6 aromatic carbocycles. The van der Waals surface area contributed by atoms with E-state index in [2.05, 4.69) is 9.97 Å². The van der Waals surface area contributed by atoms with E-state index in [0.29, 0.717) is 45.9 Å². The van der Waals surface area contributed by atoms with Crippen LogP contribution >= 0.6 is 0 Å². The fourth-order valence-corrected chi connectivity index (χ4v) is 7.62. The van der Waals surface area contributed by atoms with Crippen LogP contribution in [0.25, 0.3) is 89.7 Å². The van der Waals surface area contributed by atoms with Crippen LogP contribution in [0.3, 0.4) is 0 Å². The van der Waals surface area contributed by atoms with Crippen LogP contribution in [0.2, 0.25) is 0 Å². The second-order valence-electron chi connectivity index (χ2n) is 14.3. The first-order chi connectivity index (χ1) is 28.5. The van der Waals surface area contributed by atoms with Gasteiger partial charge in [0.1, 0.15) is 22.6 Å². The van der Waals surface area contributed by atoms with E-state index in [9.17, 15) is 4.79 Å². The first-order valence-electron chi connectivity index (χ1n) is 19.0. The Balaban J connectivity index is 0.000000191. The van der Waals surface area contributed by atoms with E-state index in [-0.39, 0.29) is 11.8 Å². The van der Waals surface area contributed by atoms with E-state index in [1.165, 1.54) is 0 Å². The molecule has 0 unspecified atom stereocenters. The zero-order chi connectivity index (χ0) is 39.2. The highest BCUT2D eigenvalue weighted by Crippen LogP contribution is 2.36. The molecule has 2 aliphatic heterocycles. The summed E-state index contributed by atoms with van der Waals surface area (Å²) < 4.78 is 0. The first kappa shape index (κ1) is 34.6. The molecule has 0 fully saturated rings. The lowest BCUT2D eigenvalue weighted by Gasteiger charge is -2.21. The lowest BCUT2D eigenvalue weighted by atomic mass is 9.90. The Morgan fingerprint density at radius 2 is 0.672 bits per heavy atom. The van der Waals surface area contributed by atoms with Gasteiger partial charge >= 0.3 is 0 Å². The van der Waals surface area contributed by atoms with Gasteiger partial charge in [0.15, 0.2) is 23.3 Å². The summed E-state index contributed by atoms with van der Waals surface area (Å²) in [5, 5.41) is 3.82. The van der Waals surface area contributed by atoms with E-state index in [4.69, 9.17) is 29.9 Å². The van der Waals surface area contributed by atoms with Gasteiger partial charge in [0.05, 0.1) is 5.92 Å². The molecular formula is C48H35N9O. The SMILES string of the molecule is CN(C)C(=O)C(c1ccccc1)c1ccccc1.c1ccc2c(c1)-c1nc-2nc2[nH]c(nc3nc(nc4[nH]c(n1)c1ccccc41)-c1ccccc1-3)c1ccccc21. The number of aromatic amines is 2. The maximum atomic E-state index is 12.4. The molecule has 58 heavy (non-hydrogen) atoms. The van der Waals surface area contributed by atoms with Gasteiger partial charge in [-0.15, -0.1) is 0 Å². The minimum Gasteiger partial charge on any atom is -0.348 e. The Labute approximate surface area is 333 Å². The second-order valence-corrected chi connectivity index (χ2v) is 14.3. The number of nitrogens with zero attached hydrogens (tertiary/aromatic N) is 7. The maximum Gasteiger partial charge on any atom is 0.234 e. The number of benzene rings is 6. The third-order valence-corrected chi connectivity index (χ3v) is 10.4. The summed E-state index contributed by atoms with van der Waals surface area (Å²) in [6.07, 6.45) is 0. The summed E-state index contributed by atoms with van der Waals surface area (Å²) in [5.74, 6) is 2.27. The molecule has 10 heteroatoms. The fourth-order valence-electron chi connectivity index (χ4n) is 7.62. The molecule has 0 aliphatic carbocycles. The van der Waals surface area contributed by atoms with Crippen LogP contribution in [0.4, 0.5) is 0 Å². The number of aromatic nitrogens is 8. The molecular weight excluding hydrogens is 719 g/mol. The van der Waals surface area contributed by atoms with E-state index in [1.807, 2.05) is 158 Å². The molecule has 2 aliphatic rings. The Morgan fingerprint density at radius 1 is 0.397 bits per heavy atom. The molecule has 0 spiro atoms. The number of H-pyrrole nitrogens is 2. The van der Waals surface area contributed by atoms with Crippen LogP contribution in [-0.2, 0) is 4.79 Å². The van der Waals surface area contributed by atoms with Gasteiger partial charge in [-0.05, 0) is 11.1 Å². The fraction of sp³-hybridized carbons (Fsp3) is 0.0625. The van der Waals surface area contributed by atoms with Crippen LogP contribution in [0.5, 0.6) is 0 Å². The molecule has 0 saturated carbocycles. The zero-order valence-corrected chi connectivity index (χ0v) is 31.6. The van der Waals surface area contributed by atoms with Crippen molar-refractivity contribution in [2.24, 2.45) is 0 Å². The van der Waals surface area contributed by atoms with Gasteiger partial charge in [-0.3, -0.25) is 4.79 Å². The van der Waals surface area contributed by atoms with Crippen LogP contribution in [-0.4, -0.2) is 64.8 Å². The summed E-state index contributed by atoms with van der Waals surface area (Å²) in [6.45, 7) is 0. The molecule has 3 aromatic heterocycles. The Hall–Kier alpha value is -7.85. The van der Waals surface area contributed by atoms with Crippen LogP contribution < -0.4 is 0 Å². The van der Waals surface area contributed by atoms with Crippen molar-refractivity contribution < 1.29 is 4.79 Å². The molecule has 278 valence electrons. The van der Waals surface area contributed by atoms with Gasteiger partial charge in [0.25, 0.3) is 0 Å². The number of amides is 1. The van der Waals surface area contributed by atoms with Gasteiger partial charge < -0.3 is 14.9 Å². The number of hydrogen-bond donors (Lipinski definition) is 2. The van der Waals surface area contributed by atoms with Crippen molar-refractivity contribution in [3.05, 3.63) is 169 Å². The van der Waals surface area contributed by atoms with Crippen molar-refractivity contribution in [1.82, 2.24) is 44.8 Å². The molecule has 10 nitrogen and oxygen atoms in total. The van der Waals surface area contributed by atoms with Crippen LogP contribution in [0.1, 0.15) is 17.0 Å². The van der Waals surface area contributed by atoms with Gasteiger partial charge in [-0.2, -0.15) is 0 Å². The molecule has 11 rings (SSSR count). The highest BCUT2D eigenvalue weighted by molar-refractivity contribution is 6.06. The largest absolute Gasteiger partial charge is 0.348 e. The summed E-state index contributed by atoms with van der Waals surface area (Å²) in [6, 6.07) is 52.0. The van der Waals surface area contributed by atoms with Crippen LogP contribution in [0.15, 0.2) is 158 Å². The van der Waals surface area contributed by atoms with Gasteiger partial charge in [0, 0.05) is 57.9 Å². The number of rotatable bonds is 3. The minimum absolute atomic E-state index is 0.104. The number of likely N-dealkylation sites (N-methyl/N-ethyl adjacent to an activating group) is 1. The third-order valence-electron chi connectivity index (χ3n) is 10.4. The maximum absolute atomic E-state index is 12.4. The number of carbonyl (C=O) groups is 1. The lowest BCUT2D eigenvalue weighted by Crippen LogP contribution is -2.28. The summed E-state index contributed by atoms with van der Waals surface area (Å²) in [7, 11) is 3.59. The predicted octanol–water partition coefficient (Wildman–Crippen LogP) is 9.78. The third kappa shape index (κ3) is 6.13. The molecule has 0 radical (unpaired) electrons. The quantitative estimate of drug-likeness (QED) is 0.184. The standard InChI is InChI=1S/C32H18N8.C16H17NO/c1-2-10-18-17(9-1)25-33-26(18)38-28-21-13-5-6-14-22(21)30(35-28)40-32-24-16-8-7-15-23(24)31(36-32)39-29-20-12-4-3-11-19(20)27(34-29)37-25;1-17(2)16(18)15(13-9-5-3-6-10-13)14-11-7-4-8-12-14/h1-16H,(H2,33,34,35,36,37,38,39,40);3-12,15H,1-2H3. The Morgan fingerprint density at radius 3 is 0.966 bits per heavy atom. The zero-order valence-electron chi connectivity index (χ0n) is 31.6. The minimum atomic E-state index is -0.220. The number of carbonyl (C=O) groups excluding carboxylic acids is 1. The average molecular weight is 754 g/mol. The molecule has 1 amide bonds. The second kappa shape index (κ2) is 14.3. The van der Waals surface area contributed by atoms with Gasteiger partial charge in [-0.25, -0.2) is 29.9 Å². The van der Waals surface area contributed by atoms with Gasteiger partial charge in [-0.1, -0.05) is 158 Å². The molecule has 5 heterocycles. The smallest absolute Gasteiger partial charge is 0.234 e. The van der Waals surface area contributed by atoms with E-state index in [0.717, 1.165) is 54.9 Å². The van der Waals surface area contributed by atoms with Crippen molar-refractivity contribution in [3.63, 3.8) is 0 Å². The number of nitrogens with one attached hydrogen (secondary N) is 2. The van der Waals surface area contributed by atoms with E-state index in [1.54, 1.807) is 19.0 Å². The van der Waals surface area contributed by atoms with E-state index < -0.39 is 0 Å². The summed E-state index contributed by atoms with van der Waals surface area (Å²) >= 11 is 0. The van der Waals surface area contributed by atoms with Crippen molar-refractivity contribution in [2.45, 2.75) is 5.92 Å². The van der Waals surface area contributed by atoms with Crippen molar-refractivity contribution >= 4 is 50.0 Å². The topological polar surface area (TPSA) is 129 Å². The highest BCUT2D eigenvalue weighted by atomic mass is 16.2. The lowest BCUT2D eigenvalue weighted by molar-refractivity contribution is -0.129. The summed E-state index contributed by atoms with van der Waals surface area (Å²) in [4.78, 5) is 50.8. The molecule has 0 atom stereocenters.